The van der Waals surface area contributed by atoms with E-state index in [0.717, 1.165) is 34.3 Å². The number of aliphatic carboxylic acids is 2. The lowest BCUT2D eigenvalue weighted by atomic mass is 9.87. The number of fused-ring (bicyclic) bond motifs is 1. The number of rotatable bonds is 14. The number of carboxylic acid groups (broad SMARTS) is 2. The molecule has 9 nitrogen and oxygen atoms in total. The molecular weight excluding hydrogens is 585 g/mol. The van der Waals surface area contributed by atoms with E-state index in [9.17, 15) is 28.2 Å². The summed E-state index contributed by atoms with van der Waals surface area (Å²) in [6, 6.07) is 12.1. The predicted molar refractivity (Wildman–Crippen MR) is 167 cm³/mol. The Morgan fingerprint density at radius 2 is 1.79 bits per heavy atom. The number of hydrogen-bond acceptors (Lipinski definition) is 7. The molecule has 0 spiro atoms. The van der Waals surface area contributed by atoms with Crippen LogP contribution < -0.4 is 15.4 Å². The average Bonchev–Trinajstić information content (AvgIpc) is 3.49. The lowest BCUT2D eigenvalue weighted by Gasteiger charge is -2.36. The average molecular weight is 629 g/mol. The van der Waals surface area contributed by atoms with Crippen LogP contribution in [0.3, 0.4) is 0 Å². The van der Waals surface area contributed by atoms with Crippen molar-refractivity contribution in [3.05, 3.63) is 58.7 Å². The zero-order chi connectivity index (χ0) is 31.2. The van der Waals surface area contributed by atoms with Gasteiger partial charge in [0.2, 0.25) is 0 Å². The molecule has 234 valence electrons. The maximum Gasteiger partial charge on any atom is 0.304 e. The third kappa shape index (κ3) is 8.06. The number of ether oxygens (including phenoxy) is 1. The van der Waals surface area contributed by atoms with Crippen LogP contribution in [0, 0.1) is 0 Å². The van der Waals surface area contributed by atoms with Gasteiger partial charge in [-0.15, -0.1) is 0 Å². The van der Waals surface area contributed by atoms with Crippen LogP contribution >= 0.6 is 0 Å². The van der Waals surface area contributed by atoms with E-state index < -0.39 is 33.4 Å². The van der Waals surface area contributed by atoms with Gasteiger partial charge in [-0.05, 0) is 53.6 Å². The molecule has 0 aliphatic carbocycles. The normalized spacial score (nSPS) is 23.1. The van der Waals surface area contributed by atoms with Gasteiger partial charge in [0, 0.05) is 33.2 Å². The highest BCUT2D eigenvalue weighted by Gasteiger charge is 2.42. The zero-order valence-electron chi connectivity index (χ0n) is 25.3. The van der Waals surface area contributed by atoms with Crippen molar-refractivity contribution in [3.8, 4) is 5.75 Å². The molecule has 3 atom stereocenters. The van der Waals surface area contributed by atoms with E-state index in [0.29, 0.717) is 28.8 Å². The Morgan fingerprint density at radius 3 is 2.35 bits per heavy atom. The van der Waals surface area contributed by atoms with Gasteiger partial charge in [-0.25, -0.2) is 8.42 Å². The van der Waals surface area contributed by atoms with Crippen LogP contribution in [0.1, 0.15) is 99.1 Å². The molecule has 2 aliphatic heterocycles. The van der Waals surface area contributed by atoms with Crippen molar-refractivity contribution in [1.29, 1.82) is 0 Å². The molecule has 0 amide bonds. The molecule has 4 rings (SSSR count). The fourth-order valence-corrected chi connectivity index (χ4v) is 10.2. The van der Waals surface area contributed by atoms with Crippen molar-refractivity contribution in [2.24, 2.45) is 0 Å². The van der Waals surface area contributed by atoms with Gasteiger partial charge in [-0.3, -0.25) is 14.9 Å². The standard InChI is InChI=1S/C32H44N2O7SSi/c1-4-6-13-32(5-2)20-42(39,40)27-15-23(19-33-24(16-29(35)36)17-30(37)38)26(41-3)18-25(27)31(34-32)22-11-9-21(10-12-22)28-8-7-14-43-28/h9-12,15,18,24,28,31,33-34H,4-8,13-14,16-17,19-20H2,1-3H3,(H,35,36)(H,37,38)/t28-,31-,32-/m1/s1. The third-order valence-electron chi connectivity index (χ3n) is 8.82. The Balaban J connectivity index is 1.79. The number of sulfone groups is 1. The number of carboxylic acids is 2. The third-order valence-corrected chi connectivity index (χ3v) is 12.5. The molecule has 2 radical (unpaired) electrons. The lowest BCUT2D eigenvalue weighted by molar-refractivity contribution is -0.139. The van der Waals surface area contributed by atoms with Gasteiger partial charge in [0.25, 0.3) is 0 Å². The first-order valence-electron chi connectivity index (χ1n) is 15.2. The van der Waals surface area contributed by atoms with E-state index in [1.54, 1.807) is 12.1 Å². The van der Waals surface area contributed by atoms with E-state index in [4.69, 9.17) is 4.74 Å². The van der Waals surface area contributed by atoms with E-state index in [-0.39, 0.29) is 36.1 Å². The Bertz CT molecular complexity index is 1380. The van der Waals surface area contributed by atoms with Crippen LogP contribution in [0.2, 0.25) is 6.04 Å². The smallest absolute Gasteiger partial charge is 0.304 e. The highest BCUT2D eigenvalue weighted by atomic mass is 32.2. The minimum atomic E-state index is -3.75. The molecule has 1 saturated heterocycles. The first-order chi connectivity index (χ1) is 20.5. The number of benzene rings is 2. The fraction of sp³-hybridized carbons (Fsp3) is 0.562. The Kier molecular flexibility index (Phi) is 11.1. The first kappa shape index (κ1) is 33.2. The van der Waals surface area contributed by atoms with Crippen molar-refractivity contribution < 1.29 is 33.0 Å². The van der Waals surface area contributed by atoms with E-state index in [1.165, 1.54) is 31.6 Å². The molecule has 43 heavy (non-hydrogen) atoms. The summed E-state index contributed by atoms with van der Waals surface area (Å²) < 4.78 is 34.1. The zero-order valence-corrected chi connectivity index (χ0v) is 27.1. The number of nitrogens with one attached hydrogen (secondary N) is 2. The topological polar surface area (TPSA) is 142 Å². The number of unbranched alkanes of at least 4 members (excludes halogenated alkanes) is 1. The summed E-state index contributed by atoms with van der Waals surface area (Å²) in [5.41, 5.74) is 3.46. The monoisotopic (exact) mass is 628 g/mol. The Morgan fingerprint density at radius 1 is 1.12 bits per heavy atom. The van der Waals surface area contributed by atoms with Crippen LogP contribution in [0.15, 0.2) is 41.3 Å². The molecule has 0 saturated carbocycles. The van der Waals surface area contributed by atoms with Crippen molar-refractivity contribution in [2.75, 3.05) is 12.9 Å². The summed E-state index contributed by atoms with van der Waals surface area (Å²) in [4.78, 5) is 22.9. The summed E-state index contributed by atoms with van der Waals surface area (Å²) >= 11 is 0. The molecule has 2 aromatic carbocycles. The Labute approximate surface area is 257 Å². The first-order valence-corrected chi connectivity index (χ1v) is 18.2. The van der Waals surface area contributed by atoms with Gasteiger partial charge in [0.1, 0.15) is 5.75 Å². The molecule has 0 aromatic heterocycles. The van der Waals surface area contributed by atoms with E-state index in [1.807, 2.05) is 6.92 Å². The summed E-state index contributed by atoms with van der Waals surface area (Å²) in [7, 11) is -1.29. The van der Waals surface area contributed by atoms with Gasteiger partial charge in [-0.1, -0.05) is 63.4 Å². The number of hydrogen-bond donors (Lipinski definition) is 4. The number of carbonyl (C=O) groups is 2. The molecule has 2 aliphatic rings. The predicted octanol–water partition coefficient (Wildman–Crippen LogP) is 4.87. The van der Waals surface area contributed by atoms with Crippen molar-refractivity contribution in [3.63, 3.8) is 0 Å². The van der Waals surface area contributed by atoms with Crippen LogP contribution in [-0.2, 0) is 26.0 Å². The molecule has 11 heteroatoms. The second-order valence-electron chi connectivity index (χ2n) is 11.9. The molecular formula is C32H44N2O7SSi. The van der Waals surface area contributed by atoms with E-state index >= 15 is 0 Å². The summed E-state index contributed by atoms with van der Waals surface area (Å²) in [5, 5.41) is 25.3. The summed E-state index contributed by atoms with van der Waals surface area (Å²) in [6.07, 6.45) is 4.95. The van der Waals surface area contributed by atoms with Crippen molar-refractivity contribution in [2.45, 2.75) is 106 Å². The minimum absolute atomic E-state index is 0.0405. The second kappa shape index (κ2) is 14.4. The molecule has 0 bridgehead atoms. The highest BCUT2D eigenvalue weighted by molar-refractivity contribution is 7.91. The molecule has 4 N–H and O–H groups in total. The second-order valence-corrected chi connectivity index (χ2v) is 15.4. The van der Waals surface area contributed by atoms with Crippen LogP contribution in [0.4, 0.5) is 0 Å². The molecule has 2 heterocycles. The maximum absolute atomic E-state index is 14.2. The van der Waals surface area contributed by atoms with Gasteiger partial charge in [-0.2, -0.15) is 0 Å². The van der Waals surface area contributed by atoms with Gasteiger partial charge in [0.15, 0.2) is 9.84 Å². The number of methoxy groups -OCH3 is 1. The quantitative estimate of drug-likeness (QED) is 0.216. The molecule has 1 fully saturated rings. The van der Waals surface area contributed by atoms with Gasteiger partial charge >= 0.3 is 11.9 Å². The van der Waals surface area contributed by atoms with Crippen LogP contribution in [-0.4, -0.2) is 64.5 Å². The maximum atomic E-state index is 14.2. The highest BCUT2D eigenvalue weighted by Crippen LogP contribution is 2.41. The van der Waals surface area contributed by atoms with Gasteiger partial charge in [0.05, 0.1) is 36.6 Å². The SMILES string of the molecule is CCCC[C@]1(CC)CS(=O)(=O)c2cc(CNC(CC(=O)O)CC(=O)O)c(OC)cc2[C@@H](c2ccc([C@H]3CCC[Si]3)cc2)N1. The minimum Gasteiger partial charge on any atom is -0.496 e. The van der Waals surface area contributed by atoms with Crippen molar-refractivity contribution >= 4 is 31.3 Å². The molecule has 2 aromatic rings. The van der Waals surface area contributed by atoms with Crippen LogP contribution in [0.5, 0.6) is 5.75 Å². The Hall–Kier alpha value is -2.73. The lowest BCUT2D eigenvalue weighted by Crippen LogP contribution is -2.50. The van der Waals surface area contributed by atoms with E-state index in [2.05, 4.69) is 41.8 Å². The fourth-order valence-electron chi connectivity index (χ4n) is 6.39. The van der Waals surface area contributed by atoms with Gasteiger partial charge < -0.3 is 20.3 Å². The molecule has 0 unspecified atom stereocenters. The van der Waals surface area contributed by atoms with Crippen LogP contribution in [0.25, 0.3) is 0 Å². The van der Waals surface area contributed by atoms with Crippen molar-refractivity contribution in [1.82, 2.24) is 10.6 Å². The summed E-state index contributed by atoms with van der Waals surface area (Å²) in [5.74, 6) is -1.82. The summed E-state index contributed by atoms with van der Waals surface area (Å²) in [6.45, 7) is 4.20. The largest absolute Gasteiger partial charge is 0.496 e.